The highest BCUT2D eigenvalue weighted by molar-refractivity contribution is 5.94. The number of hydrogen-bond acceptors (Lipinski definition) is 6. The molecule has 1 amide bonds. The Morgan fingerprint density at radius 3 is 2.10 bits per heavy atom. The van der Waals surface area contributed by atoms with E-state index in [1.165, 1.54) is 57.1 Å². The molecule has 0 atom stereocenters. The molecule has 1 aliphatic heterocycles. The van der Waals surface area contributed by atoms with Gasteiger partial charge in [-0.2, -0.15) is 0 Å². The van der Waals surface area contributed by atoms with Gasteiger partial charge in [0, 0.05) is 68.2 Å². The number of carbonyl (C=O) groups is 1. The van der Waals surface area contributed by atoms with Crippen LogP contribution in [0.4, 0.5) is 0 Å². The van der Waals surface area contributed by atoms with Crippen molar-refractivity contribution in [3.8, 4) is 0 Å². The summed E-state index contributed by atoms with van der Waals surface area (Å²) in [5.41, 5.74) is 1.87. The Balaban J connectivity index is 1.12. The quantitative estimate of drug-likeness (QED) is 0.321. The molecule has 210 valence electrons. The second-order valence-electron chi connectivity index (χ2n) is 10.9. The first-order valence-corrected chi connectivity index (χ1v) is 14.6. The molecular weight excluding hydrogens is 490 g/mol. The van der Waals surface area contributed by atoms with Crippen LogP contribution in [0.15, 0.2) is 49.1 Å². The lowest BCUT2D eigenvalue weighted by Gasteiger charge is -2.43. The Kier molecular flexibility index (Phi) is 9.80. The molecule has 5 rings (SSSR count). The average Bonchev–Trinajstić information content (AvgIpc) is 3.70. The third kappa shape index (κ3) is 7.56. The Labute approximate surface area is 231 Å². The third-order valence-electron chi connectivity index (χ3n) is 8.18. The molecule has 0 spiro atoms. The molecule has 2 aliphatic rings. The summed E-state index contributed by atoms with van der Waals surface area (Å²) in [6, 6.07) is 9.97. The number of aromatic nitrogens is 4. The molecule has 39 heavy (non-hydrogen) atoms. The van der Waals surface area contributed by atoms with Crippen LogP contribution in [-0.4, -0.2) is 73.5 Å². The van der Waals surface area contributed by atoms with Gasteiger partial charge in [-0.15, -0.1) is 0 Å². The van der Waals surface area contributed by atoms with Crippen LogP contribution in [0.5, 0.6) is 0 Å². The summed E-state index contributed by atoms with van der Waals surface area (Å²) in [7, 11) is 0. The number of benzene rings is 1. The van der Waals surface area contributed by atoms with Crippen LogP contribution in [0.1, 0.15) is 79.4 Å². The van der Waals surface area contributed by atoms with Crippen molar-refractivity contribution in [3.05, 3.63) is 71.8 Å². The van der Waals surface area contributed by atoms with Gasteiger partial charge in [0.15, 0.2) is 0 Å². The third-order valence-corrected chi connectivity index (χ3v) is 8.18. The van der Waals surface area contributed by atoms with Crippen LogP contribution in [0.2, 0.25) is 0 Å². The molecule has 0 unspecified atom stereocenters. The van der Waals surface area contributed by atoms with Crippen molar-refractivity contribution < 1.29 is 9.53 Å². The van der Waals surface area contributed by atoms with E-state index in [2.05, 4.69) is 49.2 Å². The number of H-pyrrole nitrogens is 2. The number of aromatic amines is 2. The van der Waals surface area contributed by atoms with Gasteiger partial charge in [0.25, 0.3) is 5.91 Å². The van der Waals surface area contributed by atoms with Crippen molar-refractivity contribution in [3.63, 3.8) is 0 Å². The molecule has 3 heterocycles. The molecule has 3 aromatic rings. The summed E-state index contributed by atoms with van der Waals surface area (Å²) in [5, 5.41) is 3.78. The average molecular weight is 534 g/mol. The number of nitrogens with zero attached hydrogens (tertiary/aromatic N) is 4. The predicted octanol–water partition coefficient (Wildman–Crippen LogP) is 4.27. The van der Waals surface area contributed by atoms with Gasteiger partial charge in [0.1, 0.15) is 11.6 Å². The van der Waals surface area contributed by atoms with Crippen LogP contribution < -0.4 is 5.32 Å². The van der Waals surface area contributed by atoms with Crippen LogP contribution >= 0.6 is 0 Å². The van der Waals surface area contributed by atoms with Crippen molar-refractivity contribution >= 4 is 5.91 Å². The van der Waals surface area contributed by atoms with Gasteiger partial charge in [-0.05, 0) is 69.2 Å². The summed E-state index contributed by atoms with van der Waals surface area (Å²) in [4.78, 5) is 32.7. The van der Waals surface area contributed by atoms with Gasteiger partial charge >= 0.3 is 0 Å². The smallest absolute Gasteiger partial charge is 0.254 e. The molecular formula is C30H43N7O2. The highest BCUT2D eigenvalue weighted by Gasteiger charge is 2.30. The molecule has 2 fully saturated rings. The lowest BCUT2D eigenvalue weighted by Crippen LogP contribution is -2.49. The largest absolute Gasteiger partial charge is 0.381 e. The van der Waals surface area contributed by atoms with Crippen LogP contribution in [0.25, 0.3) is 0 Å². The maximum Gasteiger partial charge on any atom is 0.254 e. The molecule has 1 aromatic carbocycles. The molecule has 3 N–H and O–H groups in total. The number of amides is 1. The predicted molar refractivity (Wildman–Crippen MR) is 151 cm³/mol. The van der Waals surface area contributed by atoms with E-state index in [4.69, 9.17) is 4.74 Å². The van der Waals surface area contributed by atoms with Gasteiger partial charge < -0.3 is 24.9 Å². The van der Waals surface area contributed by atoms with Crippen molar-refractivity contribution in [2.75, 3.05) is 19.8 Å². The monoisotopic (exact) mass is 533 g/mol. The second-order valence-corrected chi connectivity index (χ2v) is 10.9. The van der Waals surface area contributed by atoms with Gasteiger partial charge in [-0.25, -0.2) is 9.97 Å². The Hall–Kier alpha value is -3.01. The van der Waals surface area contributed by atoms with E-state index in [0.717, 1.165) is 31.4 Å². The minimum atomic E-state index is -0.0400. The number of carbonyl (C=O) groups excluding carboxylic acids is 1. The molecule has 0 radical (unpaired) electrons. The summed E-state index contributed by atoms with van der Waals surface area (Å²) >= 11 is 0. The van der Waals surface area contributed by atoms with Crippen LogP contribution in [0, 0.1) is 0 Å². The zero-order valence-electron chi connectivity index (χ0n) is 23.1. The highest BCUT2D eigenvalue weighted by atomic mass is 16.5. The van der Waals surface area contributed by atoms with Crippen molar-refractivity contribution in [2.24, 2.45) is 0 Å². The summed E-state index contributed by atoms with van der Waals surface area (Å²) < 4.78 is 5.62. The van der Waals surface area contributed by atoms with E-state index < -0.39 is 0 Å². The van der Waals surface area contributed by atoms with Gasteiger partial charge in [0.2, 0.25) is 0 Å². The molecule has 1 saturated heterocycles. The van der Waals surface area contributed by atoms with E-state index in [0.29, 0.717) is 36.8 Å². The zero-order valence-corrected chi connectivity index (χ0v) is 23.1. The number of ether oxygens (including phenoxy) is 1. The minimum absolute atomic E-state index is 0.0400. The number of hydrogen-bond donors (Lipinski definition) is 3. The Morgan fingerprint density at radius 2 is 1.54 bits per heavy atom. The first kappa shape index (κ1) is 27.6. The first-order valence-electron chi connectivity index (χ1n) is 14.6. The molecule has 0 bridgehead atoms. The summed E-state index contributed by atoms with van der Waals surface area (Å²) in [6.07, 6.45) is 15.5. The molecule has 1 saturated carbocycles. The maximum atomic E-state index is 13.4. The lowest BCUT2D eigenvalue weighted by atomic mass is 9.88. The number of imidazole rings is 2. The van der Waals surface area contributed by atoms with Crippen LogP contribution in [-0.2, 0) is 24.4 Å². The topological polar surface area (TPSA) is 102 Å². The normalized spacial score (nSPS) is 20.4. The lowest BCUT2D eigenvalue weighted by molar-refractivity contribution is 0.00723. The highest BCUT2D eigenvalue weighted by Crippen LogP contribution is 2.28. The fourth-order valence-corrected chi connectivity index (χ4v) is 6.09. The molecule has 2 aromatic heterocycles. The van der Waals surface area contributed by atoms with E-state index in [1.54, 1.807) is 29.7 Å². The minimum Gasteiger partial charge on any atom is -0.381 e. The maximum absolute atomic E-state index is 13.4. The SMILES string of the molecule is CCCN(C1CCOCC1)C1CCC(NCc2ccc(C(=O)N(Cc3ncc[nH]3)Cc3ncc[nH]3)cc2)CC1. The van der Waals surface area contributed by atoms with Crippen LogP contribution in [0.3, 0.4) is 0 Å². The number of rotatable bonds is 12. The first-order chi connectivity index (χ1) is 19.2. The Bertz CT molecular complexity index is 1070. The molecule has 9 heteroatoms. The van der Waals surface area contributed by atoms with E-state index in [1.807, 2.05) is 12.1 Å². The number of nitrogens with one attached hydrogen (secondary N) is 3. The van der Waals surface area contributed by atoms with Gasteiger partial charge in [0.05, 0.1) is 13.1 Å². The van der Waals surface area contributed by atoms with Crippen molar-refractivity contribution in [2.45, 2.75) is 89.6 Å². The van der Waals surface area contributed by atoms with E-state index in [-0.39, 0.29) is 5.91 Å². The van der Waals surface area contributed by atoms with E-state index in [9.17, 15) is 4.79 Å². The zero-order chi connectivity index (χ0) is 26.9. The van der Waals surface area contributed by atoms with E-state index >= 15 is 0 Å². The standard InChI is InChI=1S/C30H43N7O2/c1-2-17-37(27-11-18-39-19-12-27)26-9-7-25(8-10-26)35-20-23-3-5-24(6-4-23)30(38)36(21-28-31-13-14-32-28)22-29-33-15-16-34-29/h3-6,13-16,25-27,35H,2,7-12,17-22H2,1H3,(H,31,32)(H,33,34). The van der Waals surface area contributed by atoms with Gasteiger partial charge in [-0.1, -0.05) is 19.1 Å². The fraction of sp³-hybridized carbons (Fsp3) is 0.567. The summed E-state index contributed by atoms with van der Waals surface area (Å²) in [6.45, 7) is 6.94. The summed E-state index contributed by atoms with van der Waals surface area (Å²) in [5.74, 6) is 1.45. The van der Waals surface area contributed by atoms with Crippen molar-refractivity contribution in [1.29, 1.82) is 0 Å². The fourth-order valence-electron chi connectivity index (χ4n) is 6.09. The molecule has 1 aliphatic carbocycles. The van der Waals surface area contributed by atoms with Crippen molar-refractivity contribution in [1.82, 2.24) is 35.1 Å². The van der Waals surface area contributed by atoms with Gasteiger partial charge in [-0.3, -0.25) is 9.69 Å². The Morgan fingerprint density at radius 1 is 0.923 bits per heavy atom. The molecule has 9 nitrogen and oxygen atoms in total. The second kappa shape index (κ2) is 13.9.